The van der Waals surface area contributed by atoms with Crippen LogP contribution in [0, 0.1) is 12.3 Å². The summed E-state index contributed by atoms with van der Waals surface area (Å²) in [7, 11) is -2.86. The van der Waals surface area contributed by atoms with Crippen molar-refractivity contribution < 1.29 is 13.2 Å². The van der Waals surface area contributed by atoms with Gasteiger partial charge in [0.2, 0.25) is 0 Å². The minimum absolute atomic E-state index is 0.0134. The molecule has 1 N–H and O–H groups in total. The van der Waals surface area contributed by atoms with E-state index >= 15 is 0 Å². The smallest absolute Gasteiger partial charge is 0.151 e. The highest BCUT2D eigenvalue weighted by Crippen LogP contribution is 2.24. The van der Waals surface area contributed by atoms with E-state index in [1.54, 1.807) is 0 Å². The second-order valence-electron chi connectivity index (χ2n) is 4.73. The minimum atomic E-state index is -2.86. The zero-order valence-corrected chi connectivity index (χ0v) is 13.3. The van der Waals surface area contributed by atoms with Crippen molar-refractivity contribution in [2.75, 3.05) is 18.1 Å². The fourth-order valence-corrected chi connectivity index (χ4v) is 4.27. The average molecular weight is 358 g/mol. The molecule has 1 aliphatic heterocycles. The molecular weight excluding hydrogens is 342 g/mol. The summed E-state index contributed by atoms with van der Waals surface area (Å²) in [5.41, 5.74) is 0.957. The van der Waals surface area contributed by atoms with Gasteiger partial charge >= 0.3 is 0 Å². The Morgan fingerprint density at radius 3 is 2.95 bits per heavy atom. The Balaban J connectivity index is 2.01. The third-order valence-electron chi connectivity index (χ3n) is 3.15. The zero-order valence-electron chi connectivity index (χ0n) is 10.9. The lowest BCUT2D eigenvalue weighted by Crippen LogP contribution is -2.29. The molecule has 2 rings (SSSR count). The van der Waals surface area contributed by atoms with E-state index in [1.165, 1.54) is 0 Å². The fourth-order valence-electron chi connectivity index (χ4n) is 2.16. The van der Waals surface area contributed by atoms with Crippen molar-refractivity contribution in [3.05, 3.63) is 28.2 Å². The predicted octanol–water partition coefficient (Wildman–Crippen LogP) is 1.74. The fraction of sp³-hybridized carbons (Fsp3) is 0.429. The maximum Gasteiger partial charge on any atom is 0.151 e. The van der Waals surface area contributed by atoms with Crippen molar-refractivity contribution >= 4 is 25.8 Å². The molecule has 0 saturated carbocycles. The minimum Gasteiger partial charge on any atom is -0.481 e. The molecule has 0 spiro atoms. The lowest BCUT2D eigenvalue weighted by molar-refractivity contribution is 0.363. The SMILES string of the molecule is C#CCOc1ccc(Br)cc1CNC1CCS(=O)(=O)C1. The first-order valence-corrected chi connectivity index (χ1v) is 8.90. The van der Waals surface area contributed by atoms with E-state index in [2.05, 4.69) is 27.2 Å². The molecule has 108 valence electrons. The Kier molecular flexibility index (Phi) is 5.08. The van der Waals surface area contributed by atoms with Gasteiger partial charge in [-0.25, -0.2) is 8.42 Å². The summed E-state index contributed by atoms with van der Waals surface area (Å²) in [6.45, 7) is 0.770. The monoisotopic (exact) mass is 357 g/mol. The Morgan fingerprint density at radius 2 is 2.30 bits per heavy atom. The number of nitrogens with one attached hydrogen (secondary N) is 1. The molecule has 0 aromatic heterocycles. The third-order valence-corrected chi connectivity index (χ3v) is 5.41. The van der Waals surface area contributed by atoms with Crippen LogP contribution in [0.15, 0.2) is 22.7 Å². The largest absolute Gasteiger partial charge is 0.481 e. The Bertz CT molecular complexity index is 622. The quantitative estimate of drug-likeness (QED) is 0.815. The van der Waals surface area contributed by atoms with Gasteiger partial charge in [-0.15, -0.1) is 6.42 Å². The van der Waals surface area contributed by atoms with Crippen molar-refractivity contribution in [2.24, 2.45) is 0 Å². The van der Waals surface area contributed by atoms with Crippen LogP contribution in [0.1, 0.15) is 12.0 Å². The molecule has 1 aromatic carbocycles. The first kappa shape index (κ1) is 15.4. The number of ether oxygens (including phenoxy) is 1. The van der Waals surface area contributed by atoms with Gasteiger partial charge in [0.25, 0.3) is 0 Å². The maximum absolute atomic E-state index is 11.4. The number of terminal acetylenes is 1. The summed E-state index contributed by atoms with van der Waals surface area (Å²) >= 11 is 3.42. The summed E-state index contributed by atoms with van der Waals surface area (Å²) in [6, 6.07) is 5.70. The van der Waals surface area contributed by atoms with Gasteiger partial charge in [0.05, 0.1) is 11.5 Å². The first-order valence-electron chi connectivity index (χ1n) is 6.29. The number of hydrogen-bond acceptors (Lipinski definition) is 4. The van der Waals surface area contributed by atoms with Gasteiger partial charge in [-0.3, -0.25) is 0 Å². The van der Waals surface area contributed by atoms with Gasteiger partial charge < -0.3 is 10.1 Å². The molecule has 1 aliphatic rings. The summed E-state index contributed by atoms with van der Waals surface area (Å²) in [6.07, 6.45) is 5.86. The van der Waals surface area contributed by atoms with Crippen LogP contribution in [-0.4, -0.2) is 32.6 Å². The van der Waals surface area contributed by atoms with Crippen molar-refractivity contribution in [1.82, 2.24) is 5.32 Å². The van der Waals surface area contributed by atoms with Crippen LogP contribution >= 0.6 is 15.9 Å². The molecule has 1 saturated heterocycles. The number of benzene rings is 1. The lowest BCUT2D eigenvalue weighted by atomic mass is 10.2. The molecule has 1 aromatic rings. The molecule has 0 bridgehead atoms. The molecule has 6 heteroatoms. The molecule has 0 radical (unpaired) electrons. The van der Waals surface area contributed by atoms with Crippen LogP contribution in [-0.2, 0) is 16.4 Å². The van der Waals surface area contributed by atoms with Crippen LogP contribution in [0.4, 0.5) is 0 Å². The second kappa shape index (κ2) is 6.61. The molecule has 20 heavy (non-hydrogen) atoms. The highest BCUT2D eigenvalue weighted by Gasteiger charge is 2.27. The second-order valence-corrected chi connectivity index (χ2v) is 7.87. The van der Waals surface area contributed by atoms with Crippen LogP contribution in [0.25, 0.3) is 0 Å². The van der Waals surface area contributed by atoms with Crippen molar-refractivity contribution in [3.8, 4) is 18.1 Å². The Morgan fingerprint density at radius 1 is 1.50 bits per heavy atom. The summed E-state index contributed by atoms with van der Waals surface area (Å²) in [5, 5.41) is 3.27. The molecule has 0 amide bonds. The van der Waals surface area contributed by atoms with Gasteiger partial charge in [-0.05, 0) is 24.6 Å². The van der Waals surface area contributed by atoms with Crippen LogP contribution in [0.2, 0.25) is 0 Å². The average Bonchev–Trinajstić information content (AvgIpc) is 2.75. The number of hydrogen-bond donors (Lipinski definition) is 1. The molecule has 1 unspecified atom stereocenters. The first-order chi connectivity index (χ1) is 9.50. The van der Waals surface area contributed by atoms with Crippen LogP contribution < -0.4 is 10.1 Å². The lowest BCUT2D eigenvalue weighted by Gasteiger charge is -2.14. The topological polar surface area (TPSA) is 55.4 Å². The van der Waals surface area contributed by atoms with Crippen LogP contribution in [0.3, 0.4) is 0 Å². The van der Waals surface area contributed by atoms with E-state index in [4.69, 9.17) is 11.2 Å². The summed E-state index contributed by atoms with van der Waals surface area (Å²) < 4.78 is 29.3. The molecule has 1 heterocycles. The van der Waals surface area contributed by atoms with E-state index in [9.17, 15) is 8.42 Å². The van der Waals surface area contributed by atoms with Gasteiger partial charge in [0, 0.05) is 22.6 Å². The molecular formula is C14H16BrNO3S. The van der Waals surface area contributed by atoms with E-state index < -0.39 is 9.84 Å². The van der Waals surface area contributed by atoms with Crippen molar-refractivity contribution in [1.29, 1.82) is 0 Å². The van der Waals surface area contributed by atoms with Gasteiger partial charge in [0.1, 0.15) is 12.4 Å². The van der Waals surface area contributed by atoms with Crippen molar-refractivity contribution in [3.63, 3.8) is 0 Å². The van der Waals surface area contributed by atoms with Gasteiger partial charge in [-0.2, -0.15) is 0 Å². The summed E-state index contributed by atoms with van der Waals surface area (Å²) in [4.78, 5) is 0. The maximum atomic E-state index is 11.4. The molecule has 4 nitrogen and oxygen atoms in total. The highest BCUT2D eigenvalue weighted by atomic mass is 79.9. The van der Waals surface area contributed by atoms with Crippen molar-refractivity contribution in [2.45, 2.75) is 19.0 Å². The van der Waals surface area contributed by atoms with Crippen LogP contribution in [0.5, 0.6) is 5.75 Å². The predicted molar refractivity (Wildman–Crippen MR) is 82.4 cm³/mol. The number of rotatable bonds is 5. The zero-order chi connectivity index (χ0) is 14.6. The Labute approximate surface area is 128 Å². The standard InChI is InChI=1S/C14H16BrNO3S/c1-2-6-19-14-4-3-12(15)8-11(14)9-16-13-5-7-20(17,18)10-13/h1,3-4,8,13,16H,5-7,9-10H2. The van der Waals surface area contributed by atoms with E-state index in [0.29, 0.717) is 13.0 Å². The third kappa shape index (κ3) is 4.23. The highest BCUT2D eigenvalue weighted by molar-refractivity contribution is 9.10. The van der Waals surface area contributed by atoms with E-state index in [-0.39, 0.29) is 24.2 Å². The van der Waals surface area contributed by atoms with Gasteiger partial charge in [-0.1, -0.05) is 21.9 Å². The molecule has 1 atom stereocenters. The van der Waals surface area contributed by atoms with E-state index in [1.807, 2.05) is 18.2 Å². The van der Waals surface area contributed by atoms with E-state index in [0.717, 1.165) is 15.8 Å². The number of sulfone groups is 1. The van der Waals surface area contributed by atoms with Gasteiger partial charge in [0.15, 0.2) is 9.84 Å². The molecule has 0 aliphatic carbocycles. The molecule has 1 fully saturated rings. The normalized spacial score (nSPS) is 20.5. The Hall–Kier alpha value is -1.03. The number of halogens is 1. The summed E-state index contributed by atoms with van der Waals surface area (Å²) in [5.74, 6) is 3.63.